The molecule has 0 saturated carbocycles. The topological polar surface area (TPSA) is 82.7 Å². The van der Waals surface area contributed by atoms with Crippen LogP contribution in [0.1, 0.15) is 36.8 Å². The first-order valence-electron chi connectivity index (χ1n) is 10.3. The molecule has 164 valence electrons. The molecule has 4 aromatic rings. The van der Waals surface area contributed by atoms with Crippen LogP contribution in [-0.4, -0.2) is 32.0 Å². The zero-order chi connectivity index (χ0) is 23.2. The van der Waals surface area contributed by atoms with Crippen LogP contribution in [0.5, 0.6) is 5.75 Å². The van der Waals surface area contributed by atoms with Crippen molar-refractivity contribution in [1.82, 2.24) is 4.57 Å². The van der Waals surface area contributed by atoms with Gasteiger partial charge in [-0.1, -0.05) is 38.1 Å². The van der Waals surface area contributed by atoms with E-state index in [1.165, 1.54) is 18.2 Å². The molecule has 0 aliphatic heterocycles. The summed E-state index contributed by atoms with van der Waals surface area (Å²) < 4.78 is 15.6. The average molecular weight is 433 g/mol. The highest BCUT2D eigenvalue weighted by Gasteiger charge is 2.37. The number of carbonyl (C=O) groups is 1. The molecule has 4 rings (SSSR count). The normalized spacial score (nSPS) is 12.8. The van der Waals surface area contributed by atoms with Gasteiger partial charge in [-0.25, -0.2) is 9.18 Å². The lowest BCUT2D eigenvalue weighted by atomic mass is 9.79. The minimum absolute atomic E-state index is 0.0128. The van der Waals surface area contributed by atoms with Crippen molar-refractivity contribution < 1.29 is 24.5 Å². The number of fused-ring (bicyclic) bond motifs is 1. The maximum absolute atomic E-state index is 13.7. The summed E-state index contributed by atoms with van der Waals surface area (Å²) in [5.74, 6) is -1.50. The second-order valence-electron chi connectivity index (χ2n) is 8.46. The molecule has 0 amide bonds. The average Bonchev–Trinajstić information content (AvgIpc) is 3.11. The number of nitrogens with zero attached hydrogens (tertiary/aromatic N) is 1. The lowest BCUT2D eigenvalue weighted by molar-refractivity contribution is 0.0697. The summed E-state index contributed by atoms with van der Waals surface area (Å²) in [4.78, 5) is 12.1. The van der Waals surface area contributed by atoms with Gasteiger partial charge < -0.3 is 19.9 Å². The van der Waals surface area contributed by atoms with E-state index in [2.05, 4.69) is 0 Å². The van der Waals surface area contributed by atoms with Gasteiger partial charge in [0.1, 0.15) is 11.6 Å². The molecule has 3 aromatic carbocycles. The van der Waals surface area contributed by atoms with Crippen LogP contribution < -0.4 is 0 Å². The van der Waals surface area contributed by atoms with Crippen molar-refractivity contribution in [2.24, 2.45) is 0 Å². The Morgan fingerprint density at radius 3 is 2.28 bits per heavy atom. The minimum atomic E-state index is -1.10. The molecule has 3 N–H and O–H groups in total. The summed E-state index contributed by atoms with van der Waals surface area (Å²) in [6.07, 6.45) is -0.816. The largest absolute Gasteiger partial charge is 0.507 e. The molecule has 1 heterocycles. The second-order valence-corrected chi connectivity index (χ2v) is 8.46. The molecule has 1 atom stereocenters. The Hall–Kier alpha value is -3.64. The first-order chi connectivity index (χ1) is 15.1. The van der Waals surface area contributed by atoms with Crippen LogP contribution in [0, 0.1) is 5.82 Å². The number of benzene rings is 3. The van der Waals surface area contributed by atoms with Gasteiger partial charge >= 0.3 is 5.97 Å². The number of aromatic hydroxyl groups is 1. The first-order valence-corrected chi connectivity index (χ1v) is 10.3. The fourth-order valence-electron chi connectivity index (χ4n) is 4.14. The number of phenolic OH excluding ortho intramolecular Hbond substituents is 1. The number of hydrogen-bond donors (Lipinski definition) is 3. The summed E-state index contributed by atoms with van der Waals surface area (Å²) >= 11 is 0. The minimum Gasteiger partial charge on any atom is -0.507 e. The third-order valence-electron chi connectivity index (χ3n) is 6.14. The maximum Gasteiger partial charge on any atom is 0.336 e. The van der Waals surface area contributed by atoms with Gasteiger partial charge in [0.2, 0.25) is 0 Å². The summed E-state index contributed by atoms with van der Waals surface area (Å²) in [5, 5.41) is 32.0. The highest BCUT2D eigenvalue weighted by Crippen LogP contribution is 2.47. The van der Waals surface area contributed by atoms with Gasteiger partial charge in [0, 0.05) is 27.7 Å². The zero-order valence-corrected chi connectivity index (χ0v) is 18.0. The Bertz CT molecular complexity index is 1320. The Kier molecular flexibility index (Phi) is 5.26. The molecule has 0 aliphatic rings. The molecule has 5 nitrogen and oxygen atoms in total. The molecule has 0 aliphatic carbocycles. The van der Waals surface area contributed by atoms with Crippen LogP contribution >= 0.6 is 0 Å². The van der Waals surface area contributed by atoms with E-state index in [0.717, 1.165) is 0 Å². The predicted octanol–water partition coefficient (Wildman–Crippen LogP) is 5.50. The molecule has 0 spiro atoms. The highest BCUT2D eigenvalue weighted by molar-refractivity contribution is 6.08. The molecule has 0 radical (unpaired) electrons. The Morgan fingerprint density at radius 1 is 1.00 bits per heavy atom. The van der Waals surface area contributed by atoms with Gasteiger partial charge in [-0.2, -0.15) is 0 Å². The number of rotatable bonds is 5. The van der Waals surface area contributed by atoms with Crippen molar-refractivity contribution in [3.8, 4) is 22.6 Å². The van der Waals surface area contributed by atoms with Crippen molar-refractivity contribution in [3.05, 3.63) is 83.8 Å². The van der Waals surface area contributed by atoms with Gasteiger partial charge in [0.25, 0.3) is 0 Å². The number of aromatic carboxylic acids is 1. The third-order valence-corrected chi connectivity index (χ3v) is 6.14. The lowest BCUT2D eigenvalue weighted by Crippen LogP contribution is -2.34. The molecular weight excluding hydrogens is 409 g/mol. The van der Waals surface area contributed by atoms with E-state index in [1.54, 1.807) is 49.4 Å². The monoisotopic (exact) mass is 433 g/mol. The summed E-state index contributed by atoms with van der Waals surface area (Å²) in [6.45, 7) is 5.38. The van der Waals surface area contributed by atoms with Crippen molar-refractivity contribution in [1.29, 1.82) is 0 Å². The number of halogens is 1. The van der Waals surface area contributed by atoms with E-state index in [9.17, 15) is 24.5 Å². The molecule has 0 saturated heterocycles. The van der Waals surface area contributed by atoms with E-state index in [1.807, 2.05) is 24.5 Å². The summed E-state index contributed by atoms with van der Waals surface area (Å²) in [6, 6.07) is 17.6. The molecule has 32 heavy (non-hydrogen) atoms. The number of carboxylic acids is 1. The van der Waals surface area contributed by atoms with Crippen LogP contribution in [0.15, 0.2) is 66.7 Å². The third kappa shape index (κ3) is 3.33. The summed E-state index contributed by atoms with van der Waals surface area (Å²) in [7, 11) is 0. The Morgan fingerprint density at radius 2 is 1.66 bits per heavy atom. The van der Waals surface area contributed by atoms with Gasteiger partial charge in [-0.05, 0) is 55.0 Å². The Balaban J connectivity index is 2.27. The molecular formula is C26H24FNO4. The van der Waals surface area contributed by atoms with Crippen molar-refractivity contribution in [2.75, 3.05) is 0 Å². The maximum atomic E-state index is 13.7. The quantitative estimate of drug-likeness (QED) is 0.388. The lowest BCUT2D eigenvalue weighted by Gasteiger charge is -2.32. The standard InChI is InChI=1S/C26H24FNO4/c1-15(29)26(2,3)24-22(18-7-4-5-8-19(18)25(31)32)23-20(9-6-10-21(23)30)28(24)17-13-11-16(27)12-14-17/h4-15,29-30H,1-3H3,(H,31,32). The van der Waals surface area contributed by atoms with Gasteiger partial charge in [0.05, 0.1) is 17.2 Å². The van der Waals surface area contributed by atoms with Gasteiger partial charge in [-0.15, -0.1) is 0 Å². The fourth-order valence-corrected chi connectivity index (χ4v) is 4.14. The van der Waals surface area contributed by atoms with Crippen LogP contribution in [0.4, 0.5) is 4.39 Å². The molecule has 0 fully saturated rings. The van der Waals surface area contributed by atoms with Crippen LogP contribution in [0.25, 0.3) is 27.7 Å². The summed E-state index contributed by atoms with van der Waals surface area (Å²) in [5.41, 5.74) is 2.03. The second kappa shape index (κ2) is 7.80. The van der Waals surface area contributed by atoms with Crippen molar-refractivity contribution in [2.45, 2.75) is 32.3 Å². The highest BCUT2D eigenvalue weighted by atomic mass is 19.1. The van der Waals surface area contributed by atoms with Gasteiger partial charge in [-0.3, -0.25) is 0 Å². The molecule has 6 heteroatoms. The number of aliphatic hydroxyl groups excluding tert-OH is 1. The van der Waals surface area contributed by atoms with Crippen LogP contribution in [0.2, 0.25) is 0 Å². The molecule has 1 unspecified atom stereocenters. The van der Waals surface area contributed by atoms with E-state index in [-0.39, 0.29) is 17.1 Å². The number of aromatic nitrogens is 1. The van der Waals surface area contributed by atoms with Crippen molar-refractivity contribution in [3.63, 3.8) is 0 Å². The first kappa shape index (κ1) is 21.6. The number of phenols is 1. The SMILES string of the molecule is CC(O)C(C)(C)c1c(-c2ccccc2C(=O)O)c2c(O)cccc2n1-c1ccc(F)cc1. The number of aliphatic hydroxyl groups is 1. The van der Waals surface area contributed by atoms with E-state index in [4.69, 9.17) is 0 Å². The van der Waals surface area contributed by atoms with Crippen LogP contribution in [-0.2, 0) is 5.41 Å². The number of carboxylic acid groups (broad SMARTS) is 1. The van der Waals surface area contributed by atoms with E-state index >= 15 is 0 Å². The van der Waals surface area contributed by atoms with E-state index in [0.29, 0.717) is 33.4 Å². The Labute approximate surface area is 185 Å². The van der Waals surface area contributed by atoms with Crippen LogP contribution in [0.3, 0.4) is 0 Å². The fraction of sp³-hybridized carbons (Fsp3) is 0.192. The molecule has 0 bridgehead atoms. The van der Waals surface area contributed by atoms with E-state index < -0.39 is 17.5 Å². The molecule has 1 aromatic heterocycles. The predicted molar refractivity (Wildman–Crippen MR) is 122 cm³/mol. The number of hydrogen-bond acceptors (Lipinski definition) is 3. The van der Waals surface area contributed by atoms with Gasteiger partial charge in [0.15, 0.2) is 0 Å². The zero-order valence-electron chi connectivity index (χ0n) is 18.0. The smallest absolute Gasteiger partial charge is 0.336 e. The van der Waals surface area contributed by atoms with Crippen molar-refractivity contribution >= 4 is 16.9 Å².